The Morgan fingerprint density at radius 3 is 2.84 bits per heavy atom. The van der Waals surface area contributed by atoms with Gasteiger partial charge in [-0.1, -0.05) is 42.3 Å². The van der Waals surface area contributed by atoms with Gasteiger partial charge in [0.1, 0.15) is 0 Å². The smallest absolute Gasteiger partial charge is 0.0412 e. The minimum absolute atomic E-state index is 0.612. The quantitative estimate of drug-likeness (QED) is 0.896. The summed E-state index contributed by atoms with van der Waals surface area (Å²) in [6, 6.07) is 7.78. The molecule has 2 nitrogen and oxygen atoms in total. The van der Waals surface area contributed by atoms with Gasteiger partial charge in [-0.15, -0.1) is 0 Å². The molecule has 1 aromatic carbocycles. The molecule has 0 saturated carbocycles. The van der Waals surface area contributed by atoms with Crippen molar-refractivity contribution in [3.63, 3.8) is 0 Å². The highest BCUT2D eigenvalue weighted by atomic mass is 79.9. The number of hydrogen-bond donors (Lipinski definition) is 1. The van der Waals surface area contributed by atoms with Gasteiger partial charge in [-0.2, -0.15) is 0 Å². The first kappa shape index (κ1) is 14.9. The predicted molar refractivity (Wildman–Crippen MR) is 87.0 cm³/mol. The maximum Gasteiger partial charge on any atom is 0.0412 e. The second-order valence-electron chi connectivity index (χ2n) is 5.49. The summed E-state index contributed by atoms with van der Waals surface area (Å²) >= 11 is 3.66. The van der Waals surface area contributed by atoms with Crippen molar-refractivity contribution in [2.45, 2.75) is 52.1 Å². The van der Waals surface area contributed by atoms with Crippen molar-refractivity contribution in [3.8, 4) is 0 Å². The molecule has 0 radical (unpaired) electrons. The van der Waals surface area contributed by atoms with Crippen molar-refractivity contribution < 1.29 is 0 Å². The highest BCUT2D eigenvalue weighted by Gasteiger charge is 2.27. The first-order valence-electron chi connectivity index (χ1n) is 7.42. The Kier molecular flexibility index (Phi) is 5.28. The summed E-state index contributed by atoms with van der Waals surface area (Å²) < 4.78 is 1.21. The molecule has 2 unspecified atom stereocenters. The normalized spacial score (nSPS) is 23.7. The molecule has 1 heterocycles. The predicted octanol–water partition coefficient (Wildman–Crippen LogP) is 4.11. The van der Waals surface area contributed by atoms with Crippen LogP contribution in [0.5, 0.6) is 0 Å². The number of piperazine rings is 1. The van der Waals surface area contributed by atoms with E-state index in [1.54, 1.807) is 0 Å². The van der Waals surface area contributed by atoms with Crippen molar-refractivity contribution in [1.29, 1.82) is 0 Å². The fraction of sp³-hybridized carbons (Fsp3) is 0.625. The van der Waals surface area contributed by atoms with Gasteiger partial charge >= 0.3 is 0 Å². The number of hydrogen-bond acceptors (Lipinski definition) is 2. The average Bonchev–Trinajstić information content (AvgIpc) is 2.42. The van der Waals surface area contributed by atoms with E-state index in [1.807, 2.05) is 0 Å². The molecule has 0 bridgehead atoms. The van der Waals surface area contributed by atoms with E-state index >= 15 is 0 Å². The third kappa shape index (κ3) is 3.32. The third-order valence-electron chi connectivity index (χ3n) is 4.16. The minimum Gasteiger partial charge on any atom is -0.365 e. The molecule has 0 spiro atoms. The maximum atomic E-state index is 3.70. The van der Waals surface area contributed by atoms with Gasteiger partial charge in [-0.25, -0.2) is 0 Å². The van der Waals surface area contributed by atoms with E-state index in [9.17, 15) is 0 Å². The lowest BCUT2D eigenvalue weighted by atomic mass is 10.0. The summed E-state index contributed by atoms with van der Waals surface area (Å²) in [5, 5.41) is 3.70. The van der Waals surface area contributed by atoms with Crippen LogP contribution in [0.25, 0.3) is 0 Å². The van der Waals surface area contributed by atoms with Crippen molar-refractivity contribution in [2.75, 3.05) is 18.0 Å². The Bertz CT molecular complexity index is 419. The summed E-state index contributed by atoms with van der Waals surface area (Å²) in [5.74, 6) is 0. The number of halogens is 1. The van der Waals surface area contributed by atoms with E-state index in [0.717, 1.165) is 13.1 Å². The second-order valence-corrected chi connectivity index (χ2v) is 6.35. The fourth-order valence-corrected chi connectivity index (χ4v) is 3.33. The molecule has 3 heteroatoms. The standard InChI is InChI=1S/C16H25BrN2/c1-4-7-13-11-19(14(5-2)10-18-13)16-9-6-8-15(17)12(16)3/h6,8-9,13-14,18H,4-5,7,10-11H2,1-3H3. The van der Waals surface area contributed by atoms with E-state index in [2.05, 4.69) is 65.1 Å². The van der Waals surface area contributed by atoms with Gasteiger partial charge < -0.3 is 10.2 Å². The molecule has 0 aromatic heterocycles. The SMILES string of the molecule is CCCC1CN(c2cccc(Br)c2C)C(CC)CN1. The van der Waals surface area contributed by atoms with Crippen LogP contribution in [0.3, 0.4) is 0 Å². The Labute approximate surface area is 125 Å². The first-order valence-corrected chi connectivity index (χ1v) is 8.21. The summed E-state index contributed by atoms with van der Waals surface area (Å²) in [7, 11) is 0. The molecule has 106 valence electrons. The Hall–Kier alpha value is -0.540. The van der Waals surface area contributed by atoms with Crippen molar-refractivity contribution in [1.82, 2.24) is 5.32 Å². The zero-order valence-electron chi connectivity index (χ0n) is 12.2. The Morgan fingerprint density at radius 2 is 2.16 bits per heavy atom. The average molecular weight is 325 g/mol. The van der Waals surface area contributed by atoms with Gasteiger partial charge in [0.25, 0.3) is 0 Å². The second kappa shape index (κ2) is 6.76. The van der Waals surface area contributed by atoms with Crippen LogP contribution in [0.4, 0.5) is 5.69 Å². The molecule has 2 atom stereocenters. The van der Waals surface area contributed by atoms with Gasteiger partial charge in [0, 0.05) is 35.3 Å². The number of benzene rings is 1. The highest BCUT2D eigenvalue weighted by molar-refractivity contribution is 9.10. The number of nitrogens with zero attached hydrogens (tertiary/aromatic N) is 1. The van der Waals surface area contributed by atoms with Crippen LogP contribution in [-0.2, 0) is 0 Å². The molecular weight excluding hydrogens is 300 g/mol. The molecule has 1 fully saturated rings. The van der Waals surface area contributed by atoms with E-state index in [4.69, 9.17) is 0 Å². The van der Waals surface area contributed by atoms with Gasteiger partial charge in [0.15, 0.2) is 0 Å². The van der Waals surface area contributed by atoms with Crippen LogP contribution in [0, 0.1) is 6.92 Å². The molecule has 0 amide bonds. The van der Waals surface area contributed by atoms with Crippen LogP contribution in [0.15, 0.2) is 22.7 Å². The molecule has 19 heavy (non-hydrogen) atoms. The molecular formula is C16H25BrN2. The lowest BCUT2D eigenvalue weighted by Gasteiger charge is -2.42. The van der Waals surface area contributed by atoms with Crippen LogP contribution < -0.4 is 10.2 Å². The molecule has 1 N–H and O–H groups in total. The van der Waals surface area contributed by atoms with E-state index in [1.165, 1.54) is 35.0 Å². The zero-order valence-corrected chi connectivity index (χ0v) is 13.8. The van der Waals surface area contributed by atoms with Crippen molar-refractivity contribution in [3.05, 3.63) is 28.2 Å². The highest BCUT2D eigenvalue weighted by Crippen LogP contribution is 2.30. The molecule has 1 aromatic rings. The molecule has 1 aliphatic rings. The van der Waals surface area contributed by atoms with E-state index in [-0.39, 0.29) is 0 Å². The van der Waals surface area contributed by atoms with Gasteiger partial charge in [-0.3, -0.25) is 0 Å². The Balaban J connectivity index is 2.24. The summed E-state index contributed by atoms with van der Waals surface area (Å²) in [5.41, 5.74) is 2.75. The largest absolute Gasteiger partial charge is 0.365 e. The number of nitrogens with one attached hydrogen (secondary N) is 1. The van der Waals surface area contributed by atoms with Gasteiger partial charge in [0.2, 0.25) is 0 Å². The minimum atomic E-state index is 0.612. The summed E-state index contributed by atoms with van der Waals surface area (Å²) in [6.45, 7) is 8.99. The topological polar surface area (TPSA) is 15.3 Å². The molecule has 2 rings (SSSR count). The fourth-order valence-electron chi connectivity index (χ4n) is 2.97. The monoisotopic (exact) mass is 324 g/mol. The Morgan fingerprint density at radius 1 is 1.37 bits per heavy atom. The third-order valence-corrected chi connectivity index (χ3v) is 5.02. The zero-order chi connectivity index (χ0) is 13.8. The maximum absolute atomic E-state index is 3.70. The van der Waals surface area contributed by atoms with Gasteiger partial charge in [0.05, 0.1) is 0 Å². The lowest BCUT2D eigenvalue weighted by molar-refractivity contribution is 0.369. The van der Waals surface area contributed by atoms with Gasteiger partial charge in [-0.05, 0) is 37.5 Å². The first-order chi connectivity index (χ1) is 9.17. The molecule has 1 aliphatic heterocycles. The molecule has 0 aliphatic carbocycles. The molecule has 1 saturated heterocycles. The van der Waals surface area contributed by atoms with Crippen molar-refractivity contribution in [2.24, 2.45) is 0 Å². The van der Waals surface area contributed by atoms with Crippen LogP contribution in [-0.4, -0.2) is 25.2 Å². The van der Waals surface area contributed by atoms with Crippen LogP contribution >= 0.6 is 15.9 Å². The number of anilines is 1. The van der Waals surface area contributed by atoms with Crippen LogP contribution in [0.2, 0.25) is 0 Å². The summed E-state index contributed by atoms with van der Waals surface area (Å²) in [6.07, 6.45) is 3.71. The lowest BCUT2D eigenvalue weighted by Crippen LogP contribution is -2.56. The number of rotatable bonds is 4. The van der Waals surface area contributed by atoms with E-state index in [0.29, 0.717) is 12.1 Å². The summed E-state index contributed by atoms with van der Waals surface area (Å²) in [4.78, 5) is 2.61. The van der Waals surface area contributed by atoms with Crippen molar-refractivity contribution >= 4 is 21.6 Å². The van der Waals surface area contributed by atoms with E-state index < -0.39 is 0 Å². The van der Waals surface area contributed by atoms with Crippen LogP contribution in [0.1, 0.15) is 38.7 Å².